The first-order valence-corrected chi connectivity index (χ1v) is 9.30. The van der Waals surface area contributed by atoms with Gasteiger partial charge in [0.05, 0.1) is 20.8 Å². The minimum absolute atomic E-state index is 0.0134. The molecule has 152 valence electrons. The van der Waals surface area contributed by atoms with Crippen LogP contribution in [-0.2, 0) is 14.4 Å². The number of benzene rings is 1. The van der Waals surface area contributed by atoms with Crippen LogP contribution in [0.1, 0.15) is 37.7 Å². The fourth-order valence-electron chi connectivity index (χ4n) is 3.02. The third-order valence-electron chi connectivity index (χ3n) is 4.56. The maximum atomic E-state index is 12.0. The number of amides is 3. The van der Waals surface area contributed by atoms with Crippen LogP contribution < -0.4 is 25.6 Å². The summed E-state index contributed by atoms with van der Waals surface area (Å²) >= 11 is 0. The summed E-state index contributed by atoms with van der Waals surface area (Å²) in [5.74, 6) is 0.0348. The number of nitrogens with one attached hydrogen (secondary N) is 3. The fourth-order valence-corrected chi connectivity index (χ4v) is 3.02. The molecule has 0 spiro atoms. The summed E-state index contributed by atoms with van der Waals surface area (Å²) in [6, 6.07) is 5.22. The Labute approximate surface area is 164 Å². The van der Waals surface area contributed by atoms with Crippen molar-refractivity contribution in [3.8, 4) is 11.5 Å². The van der Waals surface area contributed by atoms with E-state index in [2.05, 4.69) is 16.2 Å². The summed E-state index contributed by atoms with van der Waals surface area (Å²) in [6.07, 6.45) is 7.85. The van der Waals surface area contributed by atoms with Gasteiger partial charge in [-0.25, -0.2) is 0 Å². The van der Waals surface area contributed by atoms with Gasteiger partial charge in [0, 0.05) is 12.0 Å². The van der Waals surface area contributed by atoms with Gasteiger partial charge in [-0.05, 0) is 36.6 Å². The molecule has 8 nitrogen and oxygen atoms in total. The minimum Gasteiger partial charge on any atom is -0.493 e. The highest BCUT2D eigenvalue weighted by Gasteiger charge is 2.21. The average Bonchev–Trinajstić information content (AvgIpc) is 2.74. The maximum Gasteiger partial charge on any atom is 0.262 e. The topological polar surface area (TPSA) is 106 Å². The quantitative estimate of drug-likeness (QED) is 0.485. The predicted octanol–water partition coefficient (Wildman–Crippen LogP) is 1.56. The van der Waals surface area contributed by atoms with E-state index in [1.807, 2.05) is 0 Å². The van der Waals surface area contributed by atoms with Crippen molar-refractivity contribution in [2.45, 2.75) is 32.1 Å². The highest BCUT2D eigenvalue weighted by molar-refractivity contribution is 5.93. The van der Waals surface area contributed by atoms with Crippen LogP contribution in [0.5, 0.6) is 11.5 Å². The van der Waals surface area contributed by atoms with Crippen molar-refractivity contribution in [2.24, 2.45) is 5.92 Å². The molecule has 0 aromatic heterocycles. The molecule has 0 aliphatic heterocycles. The Morgan fingerprint density at radius 2 is 1.75 bits per heavy atom. The van der Waals surface area contributed by atoms with Crippen molar-refractivity contribution in [3.63, 3.8) is 0 Å². The van der Waals surface area contributed by atoms with Crippen LogP contribution >= 0.6 is 0 Å². The molecule has 3 amide bonds. The van der Waals surface area contributed by atoms with E-state index in [1.54, 1.807) is 31.4 Å². The molecule has 28 heavy (non-hydrogen) atoms. The summed E-state index contributed by atoms with van der Waals surface area (Å²) in [7, 11) is 3.07. The van der Waals surface area contributed by atoms with Crippen LogP contribution in [0.2, 0.25) is 0 Å². The lowest BCUT2D eigenvalue weighted by Gasteiger charge is -2.20. The van der Waals surface area contributed by atoms with Gasteiger partial charge in [-0.1, -0.05) is 25.3 Å². The van der Waals surface area contributed by atoms with Gasteiger partial charge in [-0.2, -0.15) is 0 Å². The monoisotopic (exact) mass is 389 g/mol. The first-order chi connectivity index (χ1) is 13.5. The molecule has 0 bridgehead atoms. The van der Waals surface area contributed by atoms with Gasteiger partial charge in [0.25, 0.3) is 11.8 Å². The zero-order chi connectivity index (χ0) is 20.4. The van der Waals surface area contributed by atoms with Gasteiger partial charge in [0.1, 0.15) is 0 Å². The second-order valence-electron chi connectivity index (χ2n) is 6.54. The van der Waals surface area contributed by atoms with Crippen LogP contribution in [0.4, 0.5) is 0 Å². The van der Waals surface area contributed by atoms with Gasteiger partial charge in [0.2, 0.25) is 5.91 Å². The zero-order valence-electron chi connectivity index (χ0n) is 16.2. The maximum absolute atomic E-state index is 12.0. The summed E-state index contributed by atoms with van der Waals surface area (Å²) in [5.41, 5.74) is 5.28. The van der Waals surface area contributed by atoms with E-state index in [4.69, 9.17) is 9.47 Å². The van der Waals surface area contributed by atoms with Crippen molar-refractivity contribution >= 4 is 23.8 Å². The first-order valence-electron chi connectivity index (χ1n) is 9.30. The van der Waals surface area contributed by atoms with Crippen molar-refractivity contribution in [1.82, 2.24) is 16.2 Å². The van der Waals surface area contributed by atoms with Crippen LogP contribution in [-0.4, -0.2) is 38.5 Å². The molecule has 1 saturated carbocycles. The van der Waals surface area contributed by atoms with Gasteiger partial charge < -0.3 is 14.8 Å². The predicted molar refractivity (Wildman–Crippen MR) is 104 cm³/mol. The van der Waals surface area contributed by atoms with Gasteiger partial charge >= 0.3 is 0 Å². The van der Waals surface area contributed by atoms with Gasteiger partial charge in [-0.15, -0.1) is 0 Å². The smallest absolute Gasteiger partial charge is 0.262 e. The Bertz CT molecular complexity index is 727. The van der Waals surface area contributed by atoms with E-state index < -0.39 is 11.8 Å². The number of hydrazine groups is 1. The molecule has 1 aliphatic carbocycles. The molecule has 0 radical (unpaired) electrons. The van der Waals surface area contributed by atoms with E-state index in [0.29, 0.717) is 11.5 Å². The molecule has 1 fully saturated rings. The number of carbonyl (C=O) groups is 3. The van der Waals surface area contributed by atoms with Crippen LogP contribution in [0, 0.1) is 5.92 Å². The first kappa shape index (κ1) is 21.3. The Hall–Kier alpha value is -3.03. The van der Waals surface area contributed by atoms with Crippen molar-refractivity contribution in [2.75, 3.05) is 20.8 Å². The lowest BCUT2D eigenvalue weighted by molar-refractivity contribution is -0.130. The Balaban J connectivity index is 1.73. The lowest BCUT2D eigenvalue weighted by atomic mass is 9.89. The molecule has 8 heteroatoms. The number of rotatable bonds is 7. The number of hydrogen-bond donors (Lipinski definition) is 3. The average molecular weight is 389 g/mol. The summed E-state index contributed by atoms with van der Waals surface area (Å²) in [5, 5.41) is 2.61. The molecule has 0 heterocycles. The molecule has 0 saturated heterocycles. The molecular formula is C20H27N3O5. The summed E-state index contributed by atoms with van der Waals surface area (Å²) < 4.78 is 10.4. The van der Waals surface area contributed by atoms with Crippen molar-refractivity contribution in [1.29, 1.82) is 0 Å². The van der Waals surface area contributed by atoms with Crippen LogP contribution in [0.15, 0.2) is 24.3 Å². The molecule has 2 rings (SSSR count). The van der Waals surface area contributed by atoms with E-state index in [9.17, 15) is 14.4 Å². The summed E-state index contributed by atoms with van der Waals surface area (Å²) in [4.78, 5) is 35.6. The molecule has 1 aromatic carbocycles. The highest BCUT2D eigenvalue weighted by atomic mass is 16.5. The second kappa shape index (κ2) is 11.0. The zero-order valence-corrected chi connectivity index (χ0v) is 16.2. The molecule has 3 N–H and O–H groups in total. The van der Waals surface area contributed by atoms with E-state index in [0.717, 1.165) is 37.7 Å². The standard InChI is InChI=1S/C20H27N3O5/c1-27-16-10-8-14(12-17(16)28-2)9-11-18(24)22-23-19(25)13-21-20(26)15-6-4-3-5-7-15/h8-12,15H,3-7,13H2,1-2H3,(H,21,26)(H,22,24)(H,23,25)/b11-9+. The lowest BCUT2D eigenvalue weighted by Crippen LogP contribution is -2.46. The van der Waals surface area contributed by atoms with Gasteiger partial charge in [-0.3, -0.25) is 25.2 Å². The normalized spacial score (nSPS) is 14.4. The third kappa shape index (κ3) is 6.61. The number of hydrogen-bond acceptors (Lipinski definition) is 5. The van der Waals surface area contributed by atoms with Crippen LogP contribution in [0.25, 0.3) is 6.08 Å². The molecule has 0 atom stereocenters. The Morgan fingerprint density at radius 1 is 1.04 bits per heavy atom. The van der Waals surface area contributed by atoms with Crippen LogP contribution in [0.3, 0.4) is 0 Å². The van der Waals surface area contributed by atoms with Crippen molar-refractivity contribution in [3.05, 3.63) is 29.8 Å². The number of ether oxygens (including phenoxy) is 2. The number of carbonyl (C=O) groups excluding carboxylic acids is 3. The van der Waals surface area contributed by atoms with Crippen molar-refractivity contribution < 1.29 is 23.9 Å². The second-order valence-corrected chi connectivity index (χ2v) is 6.54. The van der Waals surface area contributed by atoms with E-state index in [-0.39, 0.29) is 18.4 Å². The molecule has 1 aliphatic rings. The van der Waals surface area contributed by atoms with Gasteiger partial charge in [0.15, 0.2) is 11.5 Å². The largest absolute Gasteiger partial charge is 0.493 e. The Kier molecular flexibility index (Phi) is 8.33. The molecule has 1 aromatic rings. The fraction of sp³-hybridized carbons (Fsp3) is 0.450. The minimum atomic E-state index is -0.498. The Morgan fingerprint density at radius 3 is 2.43 bits per heavy atom. The summed E-state index contributed by atoms with van der Waals surface area (Å²) in [6.45, 7) is -0.172. The molecule has 0 unspecified atom stereocenters. The third-order valence-corrected chi connectivity index (χ3v) is 4.56. The SMILES string of the molecule is COc1ccc(/C=C/C(=O)NNC(=O)CNC(=O)C2CCCCC2)cc1OC. The molecular weight excluding hydrogens is 362 g/mol. The van der Waals surface area contributed by atoms with E-state index in [1.165, 1.54) is 13.2 Å². The van der Waals surface area contributed by atoms with E-state index >= 15 is 0 Å². The highest BCUT2D eigenvalue weighted by Crippen LogP contribution is 2.28. The number of methoxy groups -OCH3 is 2.